The van der Waals surface area contributed by atoms with Gasteiger partial charge in [0.05, 0.1) is 11.7 Å². The number of likely N-dealkylation sites (tertiary alicyclic amines) is 1. The second-order valence-electron chi connectivity index (χ2n) is 4.87. The van der Waals surface area contributed by atoms with E-state index in [9.17, 15) is 19.8 Å². The van der Waals surface area contributed by atoms with Gasteiger partial charge in [-0.3, -0.25) is 4.79 Å². The number of aromatic hydroxyl groups is 2. The zero-order valence-electron chi connectivity index (χ0n) is 11.4. The zero-order chi connectivity index (χ0) is 15.4. The summed E-state index contributed by atoms with van der Waals surface area (Å²) < 4.78 is 5.19. The molecule has 0 aromatic heterocycles. The molecule has 1 aliphatic rings. The van der Waals surface area contributed by atoms with Crippen LogP contribution in [-0.2, 0) is 9.53 Å². The van der Waals surface area contributed by atoms with E-state index in [-0.39, 0.29) is 29.9 Å². The van der Waals surface area contributed by atoms with Gasteiger partial charge in [0.2, 0.25) is 0 Å². The topological polar surface area (TPSA) is 107 Å². The Morgan fingerprint density at radius 3 is 2.52 bits per heavy atom. The van der Waals surface area contributed by atoms with Gasteiger partial charge in [0.15, 0.2) is 11.5 Å². The van der Waals surface area contributed by atoms with E-state index in [0.717, 1.165) is 0 Å². The molecule has 1 aromatic rings. The first kappa shape index (κ1) is 15.1. The molecule has 1 saturated heterocycles. The fourth-order valence-corrected chi connectivity index (χ4v) is 2.29. The Morgan fingerprint density at radius 1 is 1.24 bits per heavy atom. The molecule has 1 fully saturated rings. The lowest BCUT2D eigenvalue weighted by Gasteiger charge is -2.31. The number of carbonyl (C=O) groups is 2. The van der Waals surface area contributed by atoms with Crippen LogP contribution in [-0.4, -0.2) is 57.9 Å². The number of carboxylic acids is 1. The number of nitrogens with zero attached hydrogens (tertiary/aromatic N) is 1. The Bertz CT molecular complexity index is 536. The highest BCUT2D eigenvalue weighted by Crippen LogP contribution is 2.29. The van der Waals surface area contributed by atoms with E-state index in [4.69, 9.17) is 9.84 Å². The SMILES string of the molecule is O=C(O)COC1CCN(C(=O)c2cccc(O)c2O)CC1. The summed E-state index contributed by atoms with van der Waals surface area (Å²) in [6.07, 6.45) is 0.903. The van der Waals surface area contributed by atoms with Gasteiger partial charge < -0.3 is 25.0 Å². The van der Waals surface area contributed by atoms with Crippen LogP contribution in [0.15, 0.2) is 18.2 Å². The van der Waals surface area contributed by atoms with Crippen molar-refractivity contribution < 1.29 is 29.6 Å². The summed E-state index contributed by atoms with van der Waals surface area (Å²) in [5.41, 5.74) is 0.0555. The molecule has 1 aromatic carbocycles. The van der Waals surface area contributed by atoms with Gasteiger partial charge in [-0.15, -0.1) is 0 Å². The van der Waals surface area contributed by atoms with Gasteiger partial charge in [0.1, 0.15) is 6.61 Å². The molecule has 1 heterocycles. The van der Waals surface area contributed by atoms with Crippen molar-refractivity contribution in [3.8, 4) is 11.5 Å². The third-order valence-corrected chi connectivity index (χ3v) is 3.42. The lowest BCUT2D eigenvalue weighted by Crippen LogP contribution is -2.41. The number of para-hydroxylation sites is 1. The Balaban J connectivity index is 1.94. The summed E-state index contributed by atoms with van der Waals surface area (Å²) in [5, 5.41) is 27.7. The molecule has 0 aliphatic carbocycles. The number of phenols is 2. The number of hydrogen-bond donors (Lipinski definition) is 3. The van der Waals surface area contributed by atoms with Gasteiger partial charge in [-0.25, -0.2) is 4.79 Å². The maximum Gasteiger partial charge on any atom is 0.329 e. The molecule has 0 bridgehead atoms. The predicted molar refractivity (Wildman–Crippen MR) is 72.3 cm³/mol. The number of amides is 1. The Kier molecular flexibility index (Phi) is 4.64. The quantitative estimate of drug-likeness (QED) is 0.709. The van der Waals surface area contributed by atoms with Gasteiger partial charge >= 0.3 is 5.97 Å². The number of rotatable bonds is 4. The minimum absolute atomic E-state index is 0.0555. The zero-order valence-corrected chi connectivity index (χ0v) is 11.4. The number of carboxylic acid groups (broad SMARTS) is 1. The Labute approximate surface area is 121 Å². The largest absolute Gasteiger partial charge is 0.504 e. The molecule has 21 heavy (non-hydrogen) atoms. The average molecular weight is 295 g/mol. The number of aliphatic carboxylic acids is 1. The molecule has 114 valence electrons. The van der Waals surface area contributed by atoms with Crippen molar-refractivity contribution >= 4 is 11.9 Å². The Morgan fingerprint density at radius 2 is 1.90 bits per heavy atom. The van der Waals surface area contributed by atoms with Crippen molar-refractivity contribution in [1.29, 1.82) is 0 Å². The number of phenolic OH excluding ortho intramolecular Hbond substituents is 2. The van der Waals surface area contributed by atoms with Crippen LogP contribution in [0.1, 0.15) is 23.2 Å². The molecule has 3 N–H and O–H groups in total. The first-order valence-corrected chi connectivity index (χ1v) is 6.62. The van der Waals surface area contributed by atoms with Crippen LogP contribution >= 0.6 is 0 Å². The molecule has 0 spiro atoms. The van der Waals surface area contributed by atoms with Crippen molar-refractivity contribution in [2.75, 3.05) is 19.7 Å². The summed E-state index contributed by atoms with van der Waals surface area (Å²) in [6.45, 7) is 0.488. The first-order chi connectivity index (χ1) is 9.99. The molecule has 1 aliphatic heterocycles. The number of piperidine rings is 1. The van der Waals surface area contributed by atoms with Crippen LogP contribution < -0.4 is 0 Å². The summed E-state index contributed by atoms with van der Waals surface area (Å²) in [5.74, 6) is -2.13. The molecular formula is C14H17NO6. The maximum atomic E-state index is 12.3. The monoisotopic (exact) mass is 295 g/mol. The lowest BCUT2D eigenvalue weighted by atomic mass is 10.1. The standard InChI is InChI=1S/C14H17NO6/c16-11-3-1-2-10(13(11)19)14(20)15-6-4-9(5-7-15)21-8-12(17)18/h1-3,9,16,19H,4-8H2,(H,17,18). The van der Waals surface area contributed by atoms with Crippen molar-refractivity contribution in [2.24, 2.45) is 0 Å². The minimum atomic E-state index is -1.02. The average Bonchev–Trinajstić information content (AvgIpc) is 2.48. The molecule has 2 rings (SSSR count). The molecule has 0 unspecified atom stereocenters. The third-order valence-electron chi connectivity index (χ3n) is 3.42. The molecule has 0 radical (unpaired) electrons. The normalized spacial score (nSPS) is 15.9. The summed E-state index contributed by atoms with van der Waals surface area (Å²) in [7, 11) is 0. The smallest absolute Gasteiger partial charge is 0.329 e. The van der Waals surface area contributed by atoms with Crippen molar-refractivity contribution in [3.05, 3.63) is 23.8 Å². The number of benzene rings is 1. The van der Waals surface area contributed by atoms with Crippen molar-refractivity contribution in [2.45, 2.75) is 18.9 Å². The Hall–Kier alpha value is -2.28. The molecule has 7 nitrogen and oxygen atoms in total. The first-order valence-electron chi connectivity index (χ1n) is 6.62. The fraction of sp³-hybridized carbons (Fsp3) is 0.429. The predicted octanol–water partition coefficient (Wildman–Crippen LogP) is 0.804. The molecule has 0 saturated carbocycles. The second-order valence-corrected chi connectivity index (χ2v) is 4.87. The van der Waals surface area contributed by atoms with Crippen LogP contribution in [0.25, 0.3) is 0 Å². The van der Waals surface area contributed by atoms with E-state index >= 15 is 0 Å². The van der Waals surface area contributed by atoms with Crippen LogP contribution in [0.4, 0.5) is 0 Å². The van der Waals surface area contributed by atoms with E-state index in [1.807, 2.05) is 0 Å². The van der Waals surface area contributed by atoms with Crippen LogP contribution in [0.3, 0.4) is 0 Å². The van der Waals surface area contributed by atoms with E-state index in [1.165, 1.54) is 18.2 Å². The summed E-state index contributed by atoms with van der Waals surface area (Å²) in [6, 6.07) is 4.24. The highest BCUT2D eigenvalue weighted by atomic mass is 16.5. The highest BCUT2D eigenvalue weighted by Gasteiger charge is 2.26. The molecular weight excluding hydrogens is 278 g/mol. The molecule has 7 heteroatoms. The van der Waals surface area contributed by atoms with Crippen LogP contribution in [0.2, 0.25) is 0 Å². The van der Waals surface area contributed by atoms with Crippen molar-refractivity contribution in [3.63, 3.8) is 0 Å². The maximum absolute atomic E-state index is 12.3. The van der Waals surface area contributed by atoms with Gasteiger partial charge in [0.25, 0.3) is 5.91 Å². The highest BCUT2D eigenvalue weighted by molar-refractivity contribution is 5.97. The number of ether oxygens (including phenoxy) is 1. The van der Waals surface area contributed by atoms with E-state index in [1.54, 1.807) is 4.90 Å². The van der Waals surface area contributed by atoms with Gasteiger partial charge in [-0.05, 0) is 25.0 Å². The minimum Gasteiger partial charge on any atom is -0.504 e. The van der Waals surface area contributed by atoms with E-state index in [0.29, 0.717) is 25.9 Å². The number of carbonyl (C=O) groups excluding carboxylic acids is 1. The van der Waals surface area contributed by atoms with Gasteiger partial charge in [-0.1, -0.05) is 6.07 Å². The van der Waals surface area contributed by atoms with Crippen LogP contribution in [0, 0.1) is 0 Å². The van der Waals surface area contributed by atoms with Crippen molar-refractivity contribution in [1.82, 2.24) is 4.90 Å². The third kappa shape index (κ3) is 3.63. The van der Waals surface area contributed by atoms with E-state index in [2.05, 4.69) is 0 Å². The van der Waals surface area contributed by atoms with E-state index < -0.39 is 11.7 Å². The molecule has 1 amide bonds. The summed E-state index contributed by atoms with van der Waals surface area (Å²) >= 11 is 0. The lowest BCUT2D eigenvalue weighted by molar-refractivity contribution is -0.145. The number of hydrogen-bond acceptors (Lipinski definition) is 5. The molecule has 0 atom stereocenters. The fourth-order valence-electron chi connectivity index (χ4n) is 2.29. The van der Waals surface area contributed by atoms with Gasteiger partial charge in [0, 0.05) is 13.1 Å². The summed E-state index contributed by atoms with van der Waals surface area (Å²) in [4.78, 5) is 24.2. The second kappa shape index (κ2) is 6.45. The van der Waals surface area contributed by atoms with Gasteiger partial charge in [-0.2, -0.15) is 0 Å². The van der Waals surface area contributed by atoms with Crippen LogP contribution in [0.5, 0.6) is 11.5 Å².